The predicted molar refractivity (Wildman–Crippen MR) is 41.3 cm³/mol. The van der Waals surface area contributed by atoms with E-state index in [4.69, 9.17) is 0 Å². The molecule has 73 valence electrons. The molecule has 1 aromatic rings. The summed E-state index contributed by atoms with van der Waals surface area (Å²) < 4.78 is 45.9. The van der Waals surface area contributed by atoms with Crippen LogP contribution in [0, 0.1) is 5.38 Å². The van der Waals surface area contributed by atoms with E-state index in [1.54, 1.807) is 0 Å². The summed E-state index contributed by atoms with van der Waals surface area (Å²) in [5.74, 6) is -0.320. The first-order valence-corrected chi connectivity index (χ1v) is 4.02. The molecule has 0 aliphatic rings. The molecule has 1 rings (SSSR count). The molecule has 0 unspecified atom stereocenters. The fourth-order valence-corrected chi connectivity index (χ4v) is 1.55. The summed E-state index contributed by atoms with van der Waals surface area (Å²) in [6.07, 6.45) is -4.41. The van der Waals surface area contributed by atoms with Crippen molar-refractivity contribution in [3.63, 3.8) is 0 Å². The number of ether oxygens (including phenoxy) is 2. The van der Waals surface area contributed by atoms with E-state index in [9.17, 15) is 13.2 Å². The second kappa shape index (κ2) is 3.45. The van der Waals surface area contributed by atoms with Gasteiger partial charge in [-0.15, -0.1) is 11.3 Å². The number of hydrogen-bond donors (Lipinski definition) is 0. The molecule has 1 heterocycles. The van der Waals surface area contributed by atoms with E-state index in [0.717, 1.165) is 7.11 Å². The maximum absolute atomic E-state index is 12.2. The van der Waals surface area contributed by atoms with Crippen molar-refractivity contribution in [1.29, 1.82) is 0 Å². The van der Waals surface area contributed by atoms with E-state index < -0.39 is 11.1 Å². The Morgan fingerprint density at radius 3 is 2.23 bits per heavy atom. The predicted octanol–water partition coefficient (Wildman–Crippen LogP) is 2.58. The summed E-state index contributed by atoms with van der Waals surface area (Å²) >= 11 is 0.432. The first-order chi connectivity index (χ1) is 6.00. The topological polar surface area (TPSA) is 18.5 Å². The molecule has 0 fully saturated rings. The molecule has 6 heteroatoms. The average molecular weight is 211 g/mol. The van der Waals surface area contributed by atoms with Crippen LogP contribution in [0.15, 0.2) is 0 Å². The van der Waals surface area contributed by atoms with Crippen LogP contribution < -0.4 is 9.47 Å². The van der Waals surface area contributed by atoms with Gasteiger partial charge >= 0.3 is 6.18 Å². The second-order valence-corrected chi connectivity index (χ2v) is 2.91. The van der Waals surface area contributed by atoms with Gasteiger partial charge in [-0.05, 0) is 0 Å². The maximum atomic E-state index is 12.2. The Labute approximate surface area is 76.9 Å². The Balaban J connectivity index is 3.16. The standard InChI is InChI=1S/C7H6F3O2S/c1-11-4-3-13-6(5(4)12-2)7(8,9)10/h1-2H3. The van der Waals surface area contributed by atoms with E-state index >= 15 is 0 Å². The van der Waals surface area contributed by atoms with Gasteiger partial charge in [0.2, 0.25) is 0 Å². The highest BCUT2D eigenvalue weighted by Crippen LogP contribution is 2.45. The minimum atomic E-state index is -4.41. The van der Waals surface area contributed by atoms with Crippen molar-refractivity contribution in [3.05, 3.63) is 10.3 Å². The van der Waals surface area contributed by atoms with Crippen LogP contribution in [0.4, 0.5) is 13.2 Å². The molecule has 0 aromatic carbocycles. The lowest BCUT2D eigenvalue weighted by atomic mass is 10.4. The summed E-state index contributed by atoms with van der Waals surface area (Å²) in [5, 5.41) is 2.36. The number of halogens is 3. The second-order valence-electron chi connectivity index (χ2n) is 2.10. The number of rotatable bonds is 2. The minimum absolute atomic E-state index is 0.0141. The lowest BCUT2D eigenvalue weighted by Gasteiger charge is -2.07. The highest BCUT2D eigenvalue weighted by Gasteiger charge is 2.38. The van der Waals surface area contributed by atoms with Crippen LogP contribution in [0.3, 0.4) is 0 Å². The summed E-state index contributed by atoms with van der Waals surface area (Å²) in [7, 11) is 2.43. The van der Waals surface area contributed by atoms with Crippen molar-refractivity contribution in [2.75, 3.05) is 14.2 Å². The van der Waals surface area contributed by atoms with Gasteiger partial charge in [0, 0.05) is 0 Å². The van der Waals surface area contributed by atoms with Crippen molar-refractivity contribution in [1.82, 2.24) is 0 Å². The summed E-state index contributed by atoms with van der Waals surface area (Å²) in [5.41, 5.74) is 0. The van der Waals surface area contributed by atoms with Crippen molar-refractivity contribution >= 4 is 11.3 Å². The SMILES string of the molecule is COc1[c]sc(C(F)(F)F)c1OC. The van der Waals surface area contributed by atoms with E-state index in [1.165, 1.54) is 7.11 Å². The van der Waals surface area contributed by atoms with Gasteiger partial charge in [-0.3, -0.25) is 0 Å². The van der Waals surface area contributed by atoms with E-state index in [1.807, 2.05) is 0 Å². The lowest BCUT2D eigenvalue weighted by Crippen LogP contribution is -2.04. The lowest BCUT2D eigenvalue weighted by molar-refractivity contribution is -0.135. The number of thiophene rings is 1. The third-order valence-electron chi connectivity index (χ3n) is 1.32. The van der Waals surface area contributed by atoms with Crippen molar-refractivity contribution in [3.8, 4) is 11.5 Å². The van der Waals surface area contributed by atoms with E-state index in [0.29, 0.717) is 11.3 Å². The van der Waals surface area contributed by atoms with Crippen molar-refractivity contribution in [2.24, 2.45) is 0 Å². The molecule has 2 nitrogen and oxygen atoms in total. The van der Waals surface area contributed by atoms with Crippen LogP contribution in [0.1, 0.15) is 4.88 Å². The van der Waals surface area contributed by atoms with E-state index in [-0.39, 0.29) is 11.5 Å². The fraction of sp³-hybridized carbons (Fsp3) is 0.429. The zero-order valence-electron chi connectivity index (χ0n) is 6.86. The quantitative estimate of drug-likeness (QED) is 0.748. The van der Waals surface area contributed by atoms with Gasteiger partial charge in [-0.2, -0.15) is 13.2 Å². The Bertz CT molecular complexity index is 292. The molecule has 0 aliphatic heterocycles. The van der Waals surface area contributed by atoms with Gasteiger partial charge in [0.25, 0.3) is 0 Å². The molecule has 0 saturated carbocycles. The first-order valence-electron chi connectivity index (χ1n) is 3.20. The Kier molecular flexibility index (Phi) is 2.70. The van der Waals surface area contributed by atoms with Crippen LogP contribution >= 0.6 is 11.3 Å². The van der Waals surface area contributed by atoms with Gasteiger partial charge in [-0.1, -0.05) is 0 Å². The molecule has 1 radical (unpaired) electrons. The summed E-state index contributed by atoms with van der Waals surface area (Å²) in [6.45, 7) is 0. The highest BCUT2D eigenvalue weighted by atomic mass is 32.1. The molecule has 0 saturated heterocycles. The molecule has 0 spiro atoms. The normalized spacial score (nSPS) is 11.5. The van der Waals surface area contributed by atoms with Gasteiger partial charge in [0.15, 0.2) is 16.4 Å². The van der Waals surface area contributed by atoms with Crippen molar-refractivity contribution < 1.29 is 22.6 Å². The summed E-state index contributed by atoms with van der Waals surface area (Å²) in [4.78, 5) is -0.827. The van der Waals surface area contributed by atoms with Crippen LogP contribution in [0.5, 0.6) is 11.5 Å². The molecule has 0 amide bonds. The molecular weight excluding hydrogens is 205 g/mol. The minimum Gasteiger partial charge on any atom is -0.491 e. The molecule has 0 atom stereocenters. The van der Waals surface area contributed by atoms with E-state index in [2.05, 4.69) is 14.9 Å². The van der Waals surface area contributed by atoms with Gasteiger partial charge in [0.05, 0.1) is 19.6 Å². The maximum Gasteiger partial charge on any atom is 0.429 e. The Morgan fingerprint density at radius 2 is 1.85 bits per heavy atom. The Morgan fingerprint density at radius 1 is 1.23 bits per heavy atom. The monoisotopic (exact) mass is 211 g/mol. The Hall–Kier alpha value is -0.910. The molecule has 0 aliphatic carbocycles. The van der Waals surface area contributed by atoms with Gasteiger partial charge < -0.3 is 9.47 Å². The molecule has 0 N–H and O–H groups in total. The number of alkyl halides is 3. The zero-order chi connectivity index (χ0) is 10.1. The van der Waals surface area contributed by atoms with Crippen LogP contribution in [0.25, 0.3) is 0 Å². The summed E-state index contributed by atoms with van der Waals surface area (Å²) in [6, 6.07) is 0. The van der Waals surface area contributed by atoms with Gasteiger partial charge in [0.1, 0.15) is 0 Å². The number of hydrogen-bond acceptors (Lipinski definition) is 3. The van der Waals surface area contributed by atoms with Gasteiger partial charge in [-0.25, -0.2) is 0 Å². The van der Waals surface area contributed by atoms with Crippen molar-refractivity contribution in [2.45, 2.75) is 6.18 Å². The molecular formula is C7H6F3O2S. The third kappa shape index (κ3) is 1.88. The fourth-order valence-electron chi connectivity index (χ4n) is 0.800. The average Bonchev–Trinajstić information content (AvgIpc) is 2.45. The highest BCUT2D eigenvalue weighted by molar-refractivity contribution is 7.10. The van der Waals surface area contributed by atoms with Crippen LogP contribution in [-0.4, -0.2) is 14.2 Å². The first kappa shape index (κ1) is 10.2. The number of methoxy groups -OCH3 is 2. The molecule has 1 aromatic heterocycles. The zero-order valence-corrected chi connectivity index (χ0v) is 7.68. The third-order valence-corrected chi connectivity index (χ3v) is 2.23. The smallest absolute Gasteiger partial charge is 0.429 e. The largest absolute Gasteiger partial charge is 0.491 e. The van der Waals surface area contributed by atoms with Crippen LogP contribution in [-0.2, 0) is 6.18 Å². The van der Waals surface area contributed by atoms with Crippen LogP contribution in [0.2, 0.25) is 0 Å². The molecule has 0 bridgehead atoms. The molecule has 13 heavy (non-hydrogen) atoms.